The number of imidazole rings is 1. The van der Waals surface area contributed by atoms with Crippen molar-refractivity contribution in [1.82, 2.24) is 29.9 Å². The zero-order chi connectivity index (χ0) is 22.2. The normalized spacial score (nSPS) is 18.8. The van der Waals surface area contributed by atoms with Crippen LogP contribution in [-0.4, -0.2) is 62.8 Å². The van der Waals surface area contributed by atoms with Gasteiger partial charge in [-0.25, -0.2) is 9.97 Å². The van der Waals surface area contributed by atoms with E-state index >= 15 is 0 Å². The molecule has 0 bridgehead atoms. The number of hydrogen-bond acceptors (Lipinski definition) is 8. The van der Waals surface area contributed by atoms with Crippen LogP contribution in [0, 0.1) is 0 Å². The molecule has 3 aromatic heterocycles. The Balaban J connectivity index is 1.56. The molecular weight excluding hydrogens is 408 g/mol. The molecule has 1 aromatic carbocycles. The molecule has 0 aliphatic carbocycles. The summed E-state index contributed by atoms with van der Waals surface area (Å²) in [5.74, 6) is 0.172. The van der Waals surface area contributed by atoms with Gasteiger partial charge < -0.3 is 20.3 Å². The van der Waals surface area contributed by atoms with Crippen LogP contribution in [-0.2, 0) is 0 Å². The molecule has 2 atom stereocenters. The van der Waals surface area contributed by atoms with Crippen LogP contribution in [0.2, 0.25) is 0 Å². The fraction of sp³-hybridized carbons (Fsp3) is 0.318. The number of carbonyl (C=O) groups excluding carboxylic acids is 1. The Bertz CT molecular complexity index is 1290. The summed E-state index contributed by atoms with van der Waals surface area (Å²) in [4.78, 5) is 28.7. The van der Waals surface area contributed by atoms with Gasteiger partial charge in [-0.05, 0) is 38.1 Å². The first-order chi connectivity index (χ1) is 15.5. The van der Waals surface area contributed by atoms with Crippen LogP contribution in [0.1, 0.15) is 24.2 Å². The third-order valence-corrected chi connectivity index (χ3v) is 5.55. The first-order valence-corrected chi connectivity index (χ1v) is 10.5. The molecule has 1 saturated heterocycles. The number of nitrogens with one attached hydrogen (secondary N) is 2. The van der Waals surface area contributed by atoms with Crippen LogP contribution >= 0.6 is 0 Å². The number of aromatic nitrogens is 5. The molecule has 2 N–H and O–H groups in total. The maximum absolute atomic E-state index is 13.3. The Kier molecular flexibility index (Phi) is 5.06. The van der Waals surface area contributed by atoms with Gasteiger partial charge in [0.2, 0.25) is 0 Å². The number of ether oxygens (including phenoxy) is 1. The number of piperazine rings is 1. The molecule has 1 fully saturated rings. The molecule has 164 valence electrons. The number of benzene rings is 1. The quantitative estimate of drug-likeness (QED) is 0.505. The van der Waals surface area contributed by atoms with E-state index in [-0.39, 0.29) is 11.9 Å². The van der Waals surface area contributed by atoms with E-state index in [0.717, 1.165) is 24.2 Å². The van der Waals surface area contributed by atoms with Gasteiger partial charge in [0.05, 0.1) is 24.4 Å². The van der Waals surface area contributed by atoms with Gasteiger partial charge >= 0.3 is 6.01 Å². The van der Waals surface area contributed by atoms with Crippen molar-refractivity contribution in [2.24, 2.45) is 0 Å². The predicted octanol–water partition coefficient (Wildman–Crippen LogP) is 2.12. The lowest BCUT2D eigenvalue weighted by Crippen LogP contribution is -2.54. The van der Waals surface area contributed by atoms with Gasteiger partial charge in [0.1, 0.15) is 0 Å². The highest BCUT2D eigenvalue weighted by atomic mass is 16.5. The van der Waals surface area contributed by atoms with E-state index in [4.69, 9.17) is 4.74 Å². The second kappa shape index (κ2) is 8.04. The molecule has 4 heterocycles. The second-order valence-corrected chi connectivity index (χ2v) is 8.02. The Morgan fingerprint density at radius 2 is 1.97 bits per heavy atom. The molecule has 0 radical (unpaired) electrons. The molecule has 1 aliphatic rings. The van der Waals surface area contributed by atoms with Crippen molar-refractivity contribution in [3.8, 4) is 6.01 Å². The maximum atomic E-state index is 13.3. The predicted molar refractivity (Wildman–Crippen MR) is 121 cm³/mol. The van der Waals surface area contributed by atoms with Crippen LogP contribution in [0.15, 0.2) is 42.9 Å². The second-order valence-electron chi connectivity index (χ2n) is 8.02. The summed E-state index contributed by atoms with van der Waals surface area (Å²) in [6.45, 7) is 6.03. The Morgan fingerprint density at radius 1 is 1.16 bits per heavy atom. The highest BCUT2D eigenvalue weighted by Gasteiger charge is 2.25. The molecular formula is C22H24N8O2. The third-order valence-electron chi connectivity index (χ3n) is 5.55. The Labute approximate surface area is 184 Å². The summed E-state index contributed by atoms with van der Waals surface area (Å²) in [7, 11) is 1.51. The van der Waals surface area contributed by atoms with E-state index in [1.54, 1.807) is 35.2 Å². The number of amides is 1. The lowest BCUT2D eigenvalue weighted by molar-refractivity contribution is 0.102. The van der Waals surface area contributed by atoms with Gasteiger partial charge in [0.25, 0.3) is 5.91 Å². The number of methoxy groups -OCH3 is 1. The molecule has 1 aliphatic heterocycles. The molecule has 0 unspecified atom stereocenters. The summed E-state index contributed by atoms with van der Waals surface area (Å²) in [5.41, 5.74) is 2.60. The molecule has 0 saturated carbocycles. The number of fused-ring (bicyclic) bond motifs is 2. The smallest absolute Gasteiger partial charge is 0.316 e. The van der Waals surface area contributed by atoms with Crippen LogP contribution in [0.3, 0.4) is 0 Å². The standard InChI is InChI=1S/C22H24N8O2/c1-13-11-29(12-14(2)26-13)17-7-6-15(20-16(17)9-24-22(28-20)32-3)21(31)27-19-10-23-18-5-4-8-25-30(18)19/h4-10,13-14,26H,11-12H2,1-3H3,(H,27,31)/t13-,14+. The first kappa shape index (κ1) is 20.1. The fourth-order valence-corrected chi connectivity index (χ4v) is 4.27. The molecule has 10 nitrogen and oxygen atoms in total. The molecule has 10 heteroatoms. The summed E-state index contributed by atoms with van der Waals surface area (Å²) in [5, 5.41) is 11.5. The van der Waals surface area contributed by atoms with E-state index < -0.39 is 0 Å². The molecule has 1 amide bonds. The average molecular weight is 432 g/mol. The van der Waals surface area contributed by atoms with Gasteiger partial charge in [0, 0.05) is 48.6 Å². The summed E-state index contributed by atoms with van der Waals surface area (Å²) >= 11 is 0. The van der Waals surface area contributed by atoms with Gasteiger partial charge in [-0.15, -0.1) is 0 Å². The highest BCUT2D eigenvalue weighted by molar-refractivity contribution is 6.13. The van der Waals surface area contributed by atoms with Crippen LogP contribution in [0.5, 0.6) is 6.01 Å². The van der Waals surface area contributed by atoms with E-state index in [2.05, 4.69) is 49.4 Å². The van der Waals surface area contributed by atoms with Gasteiger partial charge in [-0.3, -0.25) is 4.79 Å². The number of rotatable bonds is 4. The molecule has 0 spiro atoms. The van der Waals surface area contributed by atoms with Crippen LogP contribution < -0.4 is 20.3 Å². The van der Waals surface area contributed by atoms with E-state index in [1.807, 2.05) is 12.1 Å². The molecule has 32 heavy (non-hydrogen) atoms. The Hall–Kier alpha value is -3.79. The number of hydrogen-bond donors (Lipinski definition) is 2. The van der Waals surface area contributed by atoms with Gasteiger partial charge in [-0.1, -0.05) is 0 Å². The third kappa shape index (κ3) is 3.58. The lowest BCUT2D eigenvalue weighted by Gasteiger charge is -2.38. The minimum Gasteiger partial charge on any atom is -0.467 e. The van der Waals surface area contributed by atoms with Crippen molar-refractivity contribution >= 4 is 34.0 Å². The zero-order valence-corrected chi connectivity index (χ0v) is 18.1. The van der Waals surface area contributed by atoms with Crippen molar-refractivity contribution in [3.63, 3.8) is 0 Å². The summed E-state index contributed by atoms with van der Waals surface area (Å²) < 4.78 is 6.82. The summed E-state index contributed by atoms with van der Waals surface area (Å²) in [6, 6.07) is 8.28. The number of carbonyl (C=O) groups is 1. The van der Waals surface area contributed by atoms with Crippen LogP contribution in [0.25, 0.3) is 16.6 Å². The minimum absolute atomic E-state index is 0.210. The van der Waals surface area contributed by atoms with Crippen molar-refractivity contribution in [1.29, 1.82) is 0 Å². The van der Waals surface area contributed by atoms with Crippen molar-refractivity contribution in [3.05, 3.63) is 48.4 Å². The zero-order valence-electron chi connectivity index (χ0n) is 18.1. The fourth-order valence-electron chi connectivity index (χ4n) is 4.27. The molecule has 4 aromatic rings. The van der Waals surface area contributed by atoms with E-state index in [1.165, 1.54) is 7.11 Å². The van der Waals surface area contributed by atoms with Crippen molar-refractivity contribution in [2.45, 2.75) is 25.9 Å². The van der Waals surface area contributed by atoms with Crippen molar-refractivity contribution < 1.29 is 9.53 Å². The largest absolute Gasteiger partial charge is 0.467 e. The van der Waals surface area contributed by atoms with E-state index in [9.17, 15) is 4.79 Å². The van der Waals surface area contributed by atoms with Crippen LogP contribution in [0.4, 0.5) is 11.5 Å². The van der Waals surface area contributed by atoms with Gasteiger partial charge in [-0.2, -0.15) is 14.6 Å². The average Bonchev–Trinajstić information content (AvgIpc) is 3.20. The maximum Gasteiger partial charge on any atom is 0.316 e. The number of nitrogens with zero attached hydrogens (tertiary/aromatic N) is 6. The summed E-state index contributed by atoms with van der Waals surface area (Å²) in [6.07, 6.45) is 4.94. The van der Waals surface area contributed by atoms with E-state index in [0.29, 0.717) is 34.6 Å². The SMILES string of the molecule is COc1ncc2c(N3C[C@@H](C)N[C@@H](C)C3)ccc(C(=O)Nc3cnc4cccnn34)c2n1. The lowest BCUT2D eigenvalue weighted by atomic mass is 10.0. The van der Waals surface area contributed by atoms with Gasteiger partial charge in [0.15, 0.2) is 11.5 Å². The highest BCUT2D eigenvalue weighted by Crippen LogP contribution is 2.31. The monoisotopic (exact) mass is 432 g/mol. The topological polar surface area (TPSA) is 110 Å². The minimum atomic E-state index is -0.309. The Morgan fingerprint density at radius 3 is 2.75 bits per heavy atom. The molecule has 5 rings (SSSR count). The number of anilines is 2. The van der Waals surface area contributed by atoms with Crippen molar-refractivity contribution in [2.75, 3.05) is 30.4 Å². The first-order valence-electron chi connectivity index (χ1n) is 10.5.